The lowest BCUT2D eigenvalue weighted by Crippen LogP contribution is -2.38. The lowest BCUT2D eigenvalue weighted by molar-refractivity contribution is 0.0936. The maximum absolute atomic E-state index is 12.7. The van der Waals surface area contributed by atoms with Crippen molar-refractivity contribution in [1.82, 2.24) is 24.6 Å². The number of pyridine rings is 1. The van der Waals surface area contributed by atoms with Crippen LogP contribution in [0.15, 0.2) is 35.4 Å². The van der Waals surface area contributed by atoms with E-state index in [1.807, 2.05) is 0 Å². The second-order valence-electron chi connectivity index (χ2n) is 9.43. The van der Waals surface area contributed by atoms with Gasteiger partial charge in [-0.15, -0.1) is 0 Å². The average molecular weight is 436 g/mol. The van der Waals surface area contributed by atoms with Crippen molar-refractivity contribution < 1.29 is 9.90 Å². The van der Waals surface area contributed by atoms with Gasteiger partial charge in [-0.25, -0.2) is 4.98 Å². The molecule has 3 aromatic heterocycles. The van der Waals surface area contributed by atoms with Crippen molar-refractivity contribution >= 4 is 16.9 Å². The minimum absolute atomic E-state index is 0.251. The second kappa shape index (κ2) is 8.07. The summed E-state index contributed by atoms with van der Waals surface area (Å²) in [4.78, 5) is 30.2. The Bertz CT molecular complexity index is 1220. The van der Waals surface area contributed by atoms with Gasteiger partial charge in [0, 0.05) is 23.8 Å². The Labute approximate surface area is 186 Å². The first-order valence-electron chi connectivity index (χ1n) is 11.5. The molecule has 0 aromatic carbocycles. The van der Waals surface area contributed by atoms with Crippen LogP contribution in [0.5, 0.6) is 5.75 Å². The fraction of sp³-hybridized carbons (Fsp3) is 0.500. The Kier molecular flexibility index (Phi) is 5.23. The topological polar surface area (TPSA) is 102 Å². The zero-order valence-electron chi connectivity index (χ0n) is 18.4. The number of fused-ring (bicyclic) bond motifs is 4. The third kappa shape index (κ3) is 3.67. The summed E-state index contributed by atoms with van der Waals surface area (Å²) in [5.74, 6) is -0.736. The molecule has 2 N–H and O–H groups in total. The van der Waals surface area contributed by atoms with Gasteiger partial charge < -0.3 is 15.0 Å². The molecule has 1 unspecified atom stereocenters. The Morgan fingerprint density at radius 1 is 1.16 bits per heavy atom. The monoisotopic (exact) mass is 435 g/mol. The molecule has 0 radical (unpaired) electrons. The summed E-state index contributed by atoms with van der Waals surface area (Å²) in [6, 6.07) is 6.35. The van der Waals surface area contributed by atoms with Crippen LogP contribution in [0.3, 0.4) is 0 Å². The number of rotatable bonds is 0. The zero-order valence-corrected chi connectivity index (χ0v) is 18.4. The predicted molar refractivity (Wildman–Crippen MR) is 121 cm³/mol. The SMILES string of the molecule is CC1CCCc2ccc3ccn(c3n2)C2(CCCC2)Cn2cc(O)c(=O)c(n2)C(=O)NC1. The molecular formula is C24H29N5O3. The molecule has 168 valence electrons. The molecule has 3 aromatic rings. The van der Waals surface area contributed by atoms with Crippen molar-refractivity contribution in [1.29, 1.82) is 0 Å². The van der Waals surface area contributed by atoms with Crippen LogP contribution in [0.25, 0.3) is 11.0 Å². The van der Waals surface area contributed by atoms with Crippen molar-refractivity contribution in [3.8, 4) is 5.75 Å². The molecule has 1 saturated carbocycles. The molecule has 1 amide bonds. The second-order valence-corrected chi connectivity index (χ2v) is 9.43. The third-order valence-electron chi connectivity index (χ3n) is 7.00. The zero-order chi connectivity index (χ0) is 22.3. The van der Waals surface area contributed by atoms with Gasteiger partial charge in [-0.2, -0.15) is 5.10 Å². The van der Waals surface area contributed by atoms with Crippen LogP contribution in [0.2, 0.25) is 0 Å². The molecule has 1 aliphatic heterocycles. The molecule has 1 atom stereocenters. The van der Waals surface area contributed by atoms with Gasteiger partial charge in [0.2, 0.25) is 0 Å². The number of amides is 1. The van der Waals surface area contributed by atoms with Gasteiger partial charge in [0.25, 0.3) is 11.3 Å². The van der Waals surface area contributed by atoms with Gasteiger partial charge in [-0.3, -0.25) is 14.3 Å². The highest BCUT2D eigenvalue weighted by Gasteiger charge is 2.38. The van der Waals surface area contributed by atoms with Gasteiger partial charge in [0.15, 0.2) is 11.4 Å². The smallest absolute Gasteiger partial charge is 0.275 e. The Morgan fingerprint density at radius 3 is 2.78 bits per heavy atom. The van der Waals surface area contributed by atoms with Gasteiger partial charge in [0.05, 0.1) is 18.3 Å². The first kappa shape index (κ1) is 20.7. The molecule has 4 heterocycles. The molecule has 1 fully saturated rings. The lowest BCUT2D eigenvalue weighted by Gasteiger charge is -2.32. The normalized spacial score (nSPS) is 21.3. The number of aromatic hydroxyl groups is 1. The van der Waals surface area contributed by atoms with Crippen LogP contribution >= 0.6 is 0 Å². The molecule has 1 spiro atoms. The van der Waals surface area contributed by atoms with Gasteiger partial charge >= 0.3 is 0 Å². The van der Waals surface area contributed by atoms with Gasteiger partial charge in [-0.1, -0.05) is 19.8 Å². The summed E-state index contributed by atoms with van der Waals surface area (Å²) >= 11 is 0. The van der Waals surface area contributed by atoms with E-state index in [2.05, 4.69) is 46.3 Å². The largest absolute Gasteiger partial charge is 0.503 e. The van der Waals surface area contributed by atoms with Crippen LogP contribution in [0.4, 0.5) is 0 Å². The van der Waals surface area contributed by atoms with E-state index in [4.69, 9.17) is 4.98 Å². The van der Waals surface area contributed by atoms with Gasteiger partial charge in [0.1, 0.15) is 5.65 Å². The van der Waals surface area contributed by atoms with Crippen LogP contribution in [0.1, 0.15) is 61.6 Å². The lowest BCUT2D eigenvalue weighted by atomic mass is 9.97. The molecule has 1 aliphatic carbocycles. The maximum atomic E-state index is 12.7. The first-order chi connectivity index (χ1) is 15.4. The van der Waals surface area contributed by atoms with Gasteiger partial charge in [-0.05, 0) is 56.2 Å². The Hall–Kier alpha value is -3.16. The van der Waals surface area contributed by atoms with Crippen LogP contribution in [-0.4, -0.2) is 36.9 Å². The summed E-state index contributed by atoms with van der Waals surface area (Å²) in [6.45, 7) is 2.98. The molecule has 2 aliphatic rings. The van der Waals surface area contributed by atoms with Crippen molar-refractivity contribution in [2.45, 2.75) is 64.0 Å². The van der Waals surface area contributed by atoms with E-state index in [1.54, 1.807) is 4.68 Å². The van der Waals surface area contributed by atoms with E-state index in [0.717, 1.165) is 61.7 Å². The number of carbonyl (C=O) groups excluding carboxylic acids is 1. The molecule has 5 rings (SSSR count). The number of aromatic nitrogens is 4. The van der Waals surface area contributed by atoms with Crippen molar-refractivity contribution in [3.05, 3.63) is 52.2 Å². The van der Waals surface area contributed by atoms with E-state index in [0.29, 0.717) is 13.1 Å². The Morgan fingerprint density at radius 2 is 1.97 bits per heavy atom. The van der Waals surface area contributed by atoms with Crippen LogP contribution in [0, 0.1) is 5.92 Å². The minimum Gasteiger partial charge on any atom is -0.503 e. The Balaban J connectivity index is 1.65. The van der Waals surface area contributed by atoms with Crippen molar-refractivity contribution in [2.24, 2.45) is 5.92 Å². The number of nitrogens with zero attached hydrogens (tertiary/aromatic N) is 4. The highest BCUT2D eigenvalue weighted by molar-refractivity contribution is 5.92. The van der Waals surface area contributed by atoms with E-state index in [-0.39, 0.29) is 17.2 Å². The fourth-order valence-corrected chi connectivity index (χ4v) is 5.22. The summed E-state index contributed by atoms with van der Waals surface area (Å²) in [5, 5.41) is 18.6. The van der Waals surface area contributed by atoms with Crippen LogP contribution in [-0.2, 0) is 18.5 Å². The maximum Gasteiger partial charge on any atom is 0.275 e. The highest BCUT2D eigenvalue weighted by atomic mass is 16.3. The molecule has 0 saturated heterocycles. The fourth-order valence-electron chi connectivity index (χ4n) is 5.22. The predicted octanol–water partition coefficient (Wildman–Crippen LogP) is 2.97. The van der Waals surface area contributed by atoms with Crippen molar-refractivity contribution in [2.75, 3.05) is 6.54 Å². The molecule has 32 heavy (non-hydrogen) atoms. The van der Waals surface area contributed by atoms with E-state index >= 15 is 0 Å². The quantitative estimate of drug-likeness (QED) is 0.565. The van der Waals surface area contributed by atoms with Crippen molar-refractivity contribution in [3.63, 3.8) is 0 Å². The highest BCUT2D eigenvalue weighted by Crippen LogP contribution is 2.40. The molecule has 4 bridgehead atoms. The number of nitrogens with one attached hydrogen (secondary N) is 1. The first-order valence-corrected chi connectivity index (χ1v) is 11.5. The van der Waals surface area contributed by atoms with E-state index in [1.165, 1.54) is 6.20 Å². The summed E-state index contributed by atoms with van der Waals surface area (Å²) in [7, 11) is 0. The minimum atomic E-state index is -0.731. The van der Waals surface area contributed by atoms with E-state index < -0.39 is 17.1 Å². The number of hydrogen-bond donors (Lipinski definition) is 2. The summed E-state index contributed by atoms with van der Waals surface area (Å²) < 4.78 is 3.81. The number of carbonyl (C=O) groups is 1. The summed E-state index contributed by atoms with van der Waals surface area (Å²) in [6.07, 6.45) is 10.3. The molecule has 8 nitrogen and oxygen atoms in total. The average Bonchev–Trinajstić information content (AvgIpc) is 3.41. The number of aryl methyl sites for hydroxylation is 1. The van der Waals surface area contributed by atoms with Crippen LogP contribution < -0.4 is 10.7 Å². The van der Waals surface area contributed by atoms with E-state index in [9.17, 15) is 14.7 Å². The third-order valence-corrected chi connectivity index (χ3v) is 7.00. The molecule has 8 heteroatoms. The standard InChI is InChI=1S/C24H29N5O3/c1-16-5-4-6-18-8-7-17-9-12-29(22(17)26-18)24(10-2-3-11-24)15-28-14-19(30)21(31)20(27-28)23(32)25-13-16/h7-9,12,14,16,30H,2-6,10-11,13,15H2,1H3,(H,25,32). The number of hydrogen-bond acceptors (Lipinski definition) is 5. The molecular weight excluding hydrogens is 406 g/mol. The summed E-state index contributed by atoms with van der Waals surface area (Å²) in [5.41, 5.74) is 0.783.